The summed E-state index contributed by atoms with van der Waals surface area (Å²) in [4.78, 5) is 11.8. The van der Waals surface area contributed by atoms with Gasteiger partial charge in [-0.25, -0.2) is 0 Å². The molecule has 1 aliphatic rings. The quantitative estimate of drug-likeness (QED) is 0.679. The number of hydrogen-bond acceptors (Lipinski definition) is 5. The third-order valence-electron chi connectivity index (χ3n) is 3.42. The molecule has 0 aromatic heterocycles. The first kappa shape index (κ1) is 14.0. The Labute approximate surface area is 112 Å². The molecule has 0 bridgehead atoms. The minimum atomic E-state index is -0.902. The van der Waals surface area contributed by atoms with Gasteiger partial charge in [-0.3, -0.25) is 4.79 Å². The van der Waals surface area contributed by atoms with Crippen molar-refractivity contribution >= 4 is 5.97 Å². The number of aliphatic hydroxyl groups excluding tert-OH is 2. The van der Waals surface area contributed by atoms with Gasteiger partial charge in [0.15, 0.2) is 0 Å². The van der Waals surface area contributed by atoms with Gasteiger partial charge in [0, 0.05) is 12.5 Å². The molecule has 3 N–H and O–H groups in total. The van der Waals surface area contributed by atoms with Crippen LogP contribution in [0.4, 0.5) is 0 Å². The number of ether oxygens (including phenoxy) is 1. The Balaban J connectivity index is 2.17. The topological polar surface area (TPSA) is 78.8 Å². The zero-order valence-electron chi connectivity index (χ0n) is 10.8. The van der Waals surface area contributed by atoms with Gasteiger partial charge < -0.3 is 20.3 Å². The van der Waals surface area contributed by atoms with E-state index in [-0.39, 0.29) is 13.2 Å². The molecule has 0 radical (unpaired) electrons. The van der Waals surface area contributed by atoms with E-state index >= 15 is 0 Å². The van der Waals surface area contributed by atoms with E-state index in [1.54, 1.807) is 19.1 Å². The second kappa shape index (κ2) is 6.14. The monoisotopic (exact) mass is 265 g/mol. The number of carbonyl (C=O) groups is 1. The molecule has 0 spiro atoms. The summed E-state index contributed by atoms with van der Waals surface area (Å²) in [5.74, 6) is -1.03. The van der Waals surface area contributed by atoms with Gasteiger partial charge in [0.05, 0.1) is 18.8 Å². The molecule has 0 saturated carbocycles. The molecule has 5 heteroatoms. The van der Waals surface area contributed by atoms with Crippen LogP contribution in [0.15, 0.2) is 30.3 Å². The molecule has 1 aromatic carbocycles. The Bertz CT molecular complexity index is 423. The van der Waals surface area contributed by atoms with Gasteiger partial charge >= 0.3 is 5.97 Å². The lowest BCUT2D eigenvalue weighted by molar-refractivity contribution is -0.148. The highest BCUT2D eigenvalue weighted by molar-refractivity contribution is 5.77. The molecule has 1 fully saturated rings. The molecule has 1 saturated heterocycles. The minimum absolute atomic E-state index is 0.276. The van der Waals surface area contributed by atoms with E-state index in [1.807, 2.05) is 18.2 Å². The van der Waals surface area contributed by atoms with Crippen molar-refractivity contribution < 1.29 is 19.7 Å². The number of β-amino-alcohol motifs (C(OH)–C–C–N with tert-alkyl or cyclic N) is 1. The van der Waals surface area contributed by atoms with Crippen LogP contribution >= 0.6 is 0 Å². The lowest BCUT2D eigenvalue weighted by Gasteiger charge is -2.25. The fourth-order valence-corrected chi connectivity index (χ4v) is 2.48. The first-order valence-corrected chi connectivity index (χ1v) is 6.46. The van der Waals surface area contributed by atoms with Crippen LogP contribution in [0.2, 0.25) is 0 Å². The van der Waals surface area contributed by atoms with Gasteiger partial charge in [-0.1, -0.05) is 30.3 Å². The molecule has 0 aliphatic carbocycles. The summed E-state index contributed by atoms with van der Waals surface area (Å²) in [5, 5.41) is 23.3. The molecule has 104 valence electrons. The van der Waals surface area contributed by atoms with Crippen LogP contribution in [0.1, 0.15) is 18.6 Å². The van der Waals surface area contributed by atoms with Crippen LogP contribution in [0.5, 0.6) is 0 Å². The second-order valence-electron chi connectivity index (χ2n) is 4.64. The molecule has 1 aliphatic heterocycles. The van der Waals surface area contributed by atoms with Crippen molar-refractivity contribution in [3.8, 4) is 0 Å². The van der Waals surface area contributed by atoms with E-state index in [2.05, 4.69) is 5.32 Å². The number of hydrogen-bond donors (Lipinski definition) is 3. The van der Waals surface area contributed by atoms with Crippen LogP contribution < -0.4 is 5.32 Å². The van der Waals surface area contributed by atoms with Gasteiger partial charge in [-0.15, -0.1) is 0 Å². The van der Waals surface area contributed by atoms with Gasteiger partial charge in [0.2, 0.25) is 0 Å². The molecule has 1 heterocycles. The molecule has 4 atom stereocenters. The maximum atomic E-state index is 11.8. The summed E-state index contributed by atoms with van der Waals surface area (Å²) >= 11 is 0. The summed E-state index contributed by atoms with van der Waals surface area (Å²) < 4.78 is 4.97. The van der Waals surface area contributed by atoms with Crippen molar-refractivity contribution in [2.45, 2.75) is 25.2 Å². The first-order valence-electron chi connectivity index (χ1n) is 6.46. The summed E-state index contributed by atoms with van der Waals surface area (Å²) in [6.07, 6.45) is -1.68. The van der Waals surface area contributed by atoms with E-state index in [4.69, 9.17) is 4.74 Å². The van der Waals surface area contributed by atoms with Crippen LogP contribution in [-0.4, -0.2) is 41.5 Å². The van der Waals surface area contributed by atoms with Crippen molar-refractivity contribution in [1.29, 1.82) is 0 Å². The summed E-state index contributed by atoms with van der Waals surface area (Å²) in [6.45, 7) is 2.28. The maximum absolute atomic E-state index is 11.8. The van der Waals surface area contributed by atoms with E-state index in [9.17, 15) is 15.0 Å². The predicted octanol–water partition coefficient (Wildman–Crippen LogP) is 0.232. The Kier molecular flexibility index (Phi) is 4.52. The smallest absolute Gasteiger partial charge is 0.323 e. The zero-order valence-corrected chi connectivity index (χ0v) is 10.8. The van der Waals surface area contributed by atoms with Crippen molar-refractivity contribution in [3.05, 3.63) is 35.9 Å². The number of benzene rings is 1. The van der Waals surface area contributed by atoms with Crippen LogP contribution in [0, 0.1) is 5.92 Å². The third kappa shape index (κ3) is 2.94. The Morgan fingerprint density at radius 1 is 1.47 bits per heavy atom. The zero-order chi connectivity index (χ0) is 13.8. The van der Waals surface area contributed by atoms with E-state index in [0.29, 0.717) is 5.56 Å². The normalized spacial score (nSPS) is 28.1. The first-order chi connectivity index (χ1) is 9.15. The molecule has 5 nitrogen and oxygen atoms in total. The molecular weight excluding hydrogens is 246 g/mol. The molecule has 2 rings (SSSR count). The third-order valence-corrected chi connectivity index (χ3v) is 3.42. The van der Waals surface area contributed by atoms with Crippen molar-refractivity contribution in [2.75, 3.05) is 13.2 Å². The van der Waals surface area contributed by atoms with Crippen molar-refractivity contribution in [3.63, 3.8) is 0 Å². The number of nitrogens with one attached hydrogen (secondary N) is 1. The lowest BCUT2D eigenvalue weighted by Crippen LogP contribution is -2.40. The Morgan fingerprint density at radius 2 is 2.16 bits per heavy atom. The summed E-state index contributed by atoms with van der Waals surface area (Å²) in [7, 11) is 0. The second-order valence-corrected chi connectivity index (χ2v) is 4.64. The van der Waals surface area contributed by atoms with Crippen LogP contribution in [0.3, 0.4) is 0 Å². The summed E-state index contributed by atoms with van der Waals surface area (Å²) in [5.41, 5.74) is 0.685. The number of esters is 1. The van der Waals surface area contributed by atoms with Crippen LogP contribution in [-0.2, 0) is 9.53 Å². The molecule has 19 heavy (non-hydrogen) atoms. The standard InChI is InChI=1S/C14H19NO4/c1-2-19-14(18)12-11(10(16)8-15-12)13(17)9-6-4-3-5-7-9/h3-7,10-13,15-17H,2,8H2,1H3/t10?,11-,12?,13?/m1/s1. The van der Waals surface area contributed by atoms with Crippen molar-refractivity contribution in [2.24, 2.45) is 5.92 Å². The highest BCUT2D eigenvalue weighted by Gasteiger charge is 2.44. The predicted molar refractivity (Wildman–Crippen MR) is 69.3 cm³/mol. The fourth-order valence-electron chi connectivity index (χ4n) is 2.48. The highest BCUT2D eigenvalue weighted by Crippen LogP contribution is 2.31. The van der Waals surface area contributed by atoms with Crippen molar-refractivity contribution in [1.82, 2.24) is 5.32 Å². The van der Waals surface area contributed by atoms with Gasteiger partial charge in [-0.05, 0) is 12.5 Å². The largest absolute Gasteiger partial charge is 0.465 e. The van der Waals surface area contributed by atoms with Crippen LogP contribution in [0.25, 0.3) is 0 Å². The summed E-state index contributed by atoms with van der Waals surface area (Å²) in [6, 6.07) is 8.35. The SMILES string of the molecule is CCOC(=O)C1NCC(O)[C@H]1C(O)c1ccccc1. The Morgan fingerprint density at radius 3 is 2.79 bits per heavy atom. The van der Waals surface area contributed by atoms with E-state index in [1.165, 1.54) is 0 Å². The lowest BCUT2D eigenvalue weighted by atomic mass is 9.88. The van der Waals surface area contributed by atoms with E-state index < -0.39 is 30.1 Å². The van der Waals surface area contributed by atoms with E-state index in [0.717, 1.165) is 0 Å². The molecule has 0 amide bonds. The van der Waals surface area contributed by atoms with Gasteiger partial charge in [0.25, 0.3) is 0 Å². The average Bonchev–Trinajstić information content (AvgIpc) is 2.81. The van der Waals surface area contributed by atoms with Gasteiger partial charge in [0.1, 0.15) is 6.04 Å². The average molecular weight is 265 g/mol. The molecule has 3 unspecified atom stereocenters. The Hall–Kier alpha value is -1.43. The highest BCUT2D eigenvalue weighted by atomic mass is 16.5. The number of aliphatic hydroxyl groups is 2. The van der Waals surface area contributed by atoms with Gasteiger partial charge in [-0.2, -0.15) is 0 Å². The maximum Gasteiger partial charge on any atom is 0.323 e. The molecule has 1 aromatic rings. The number of carbonyl (C=O) groups excluding carboxylic acids is 1. The number of rotatable bonds is 4. The molecular formula is C14H19NO4. The fraction of sp³-hybridized carbons (Fsp3) is 0.500. The minimum Gasteiger partial charge on any atom is -0.465 e.